The highest BCUT2D eigenvalue weighted by molar-refractivity contribution is 6.32. The minimum Gasteiger partial charge on any atom is -0.506 e. The van der Waals surface area contributed by atoms with Crippen molar-refractivity contribution in [1.82, 2.24) is 14.9 Å². The van der Waals surface area contributed by atoms with Crippen molar-refractivity contribution in [1.29, 1.82) is 0 Å². The van der Waals surface area contributed by atoms with Gasteiger partial charge < -0.3 is 24.8 Å². The molecule has 2 N–H and O–H groups in total. The number of aromatic nitrogens is 2. The molecule has 1 atom stereocenters. The van der Waals surface area contributed by atoms with E-state index >= 15 is 0 Å². The molecule has 9 heteroatoms. The van der Waals surface area contributed by atoms with Crippen molar-refractivity contribution in [2.75, 3.05) is 25.0 Å². The van der Waals surface area contributed by atoms with Crippen molar-refractivity contribution in [3.05, 3.63) is 47.7 Å². The standard InChI is InChI=1S/C25H29ClN4O4/c1-25(2,3)34-24(32)30-11-5-6-16(13-30)14-33-21-8-4-7-19-22(21)23(28-15-27-19)29-17-9-10-20(31)18(26)12-17/h4,7-10,12,15-16,31H,5-6,11,13-14H2,1-3H3,(H,27,28,29)/t16-/m0/s1. The Morgan fingerprint density at radius 3 is 2.85 bits per heavy atom. The lowest BCUT2D eigenvalue weighted by atomic mass is 9.99. The highest BCUT2D eigenvalue weighted by Crippen LogP contribution is 2.34. The number of benzene rings is 2. The van der Waals surface area contributed by atoms with Gasteiger partial charge >= 0.3 is 6.09 Å². The number of likely N-dealkylation sites (tertiary alicyclic amines) is 1. The number of phenolic OH excluding ortho intramolecular Hbond substituents is 1. The molecule has 180 valence electrons. The zero-order chi connectivity index (χ0) is 24.3. The van der Waals surface area contributed by atoms with E-state index in [1.165, 1.54) is 12.4 Å². The third-order valence-electron chi connectivity index (χ3n) is 5.48. The number of halogens is 1. The summed E-state index contributed by atoms with van der Waals surface area (Å²) in [4.78, 5) is 23.0. The summed E-state index contributed by atoms with van der Waals surface area (Å²) in [7, 11) is 0. The third-order valence-corrected chi connectivity index (χ3v) is 5.78. The average molecular weight is 485 g/mol. The normalized spacial score (nSPS) is 16.4. The van der Waals surface area contributed by atoms with Crippen molar-refractivity contribution < 1.29 is 19.4 Å². The average Bonchev–Trinajstić information content (AvgIpc) is 2.79. The first-order chi connectivity index (χ1) is 16.2. The van der Waals surface area contributed by atoms with Gasteiger partial charge in [0.05, 0.1) is 22.5 Å². The number of nitrogens with zero attached hydrogens (tertiary/aromatic N) is 3. The number of phenols is 1. The summed E-state index contributed by atoms with van der Waals surface area (Å²) >= 11 is 6.05. The van der Waals surface area contributed by atoms with Gasteiger partial charge in [-0.25, -0.2) is 14.8 Å². The van der Waals surface area contributed by atoms with Crippen LogP contribution in [0.4, 0.5) is 16.3 Å². The fourth-order valence-corrected chi connectivity index (χ4v) is 4.10. The first kappa shape index (κ1) is 23.9. The van der Waals surface area contributed by atoms with Gasteiger partial charge in [-0.1, -0.05) is 17.7 Å². The van der Waals surface area contributed by atoms with Gasteiger partial charge in [-0.05, 0) is 63.9 Å². The number of carbonyl (C=O) groups excluding carboxylic acids is 1. The van der Waals surface area contributed by atoms with Crippen molar-refractivity contribution in [2.24, 2.45) is 5.92 Å². The van der Waals surface area contributed by atoms with Crippen LogP contribution in [0.25, 0.3) is 10.9 Å². The van der Waals surface area contributed by atoms with Crippen LogP contribution in [0, 0.1) is 5.92 Å². The second kappa shape index (κ2) is 9.93. The fourth-order valence-electron chi connectivity index (χ4n) is 3.92. The maximum Gasteiger partial charge on any atom is 0.410 e. The third kappa shape index (κ3) is 5.80. The SMILES string of the molecule is CC(C)(C)OC(=O)N1CCC[C@H](COc2cccc3ncnc(Nc4ccc(O)c(Cl)c4)c23)C1. The van der Waals surface area contributed by atoms with Crippen molar-refractivity contribution in [3.8, 4) is 11.5 Å². The second-order valence-electron chi connectivity index (χ2n) is 9.41. The number of aromatic hydroxyl groups is 1. The molecule has 2 aromatic carbocycles. The van der Waals surface area contributed by atoms with E-state index in [2.05, 4.69) is 15.3 Å². The van der Waals surface area contributed by atoms with Gasteiger partial charge in [0, 0.05) is 24.7 Å². The van der Waals surface area contributed by atoms with E-state index in [9.17, 15) is 9.90 Å². The lowest BCUT2D eigenvalue weighted by molar-refractivity contribution is 0.0139. The zero-order valence-corrected chi connectivity index (χ0v) is 20.3. The van der Waals surface area contributed by atoms with Gasteiger partial charge in [0.2, 0.25) is 0 Å². The minimum atomic E-state index is -0.519. The molecule has 1 saturated heterocycles. The van der Waals surface area contributed by atoms with Crippen LogP contribution < -0.4 is 10.1 Å². The Hall–Kier alpha value is -3.26. The Morgan fingerprint density at radius 1 is 1.26 bits per heavy atom. The predicted octanol–water partition coefficient (Wildman–Crippen LogP) is 5.76. The van der Waals surface area contributed by atoms with Crippen LogP contribution in [-0.2, 0) is 4.74 Å². The molecular weight excluding hydrogens is 456 g/mol. The van der Waals surface area contributed by atoms with E-state index in [0.29, 0.717) is 37.0 Å². The summed E-state index contributed by atoms with van der Waals surface area (Å²) in [5, 5.41) is 13.9. The lowest BCUT2D eigenvalue weighted by Gasteiger charge is -2.34. The summed E-state index contributed by atoms with van der Waals surface area (Å²) in [6.07, 6.45) is 3.07. The first-order valence-corrected chi connectivity index (χ1v) is 11.7. The number of hydrogen-bond acceptors (Lipinski definition) is 7. The van der Waals surface area contributed by atoms with Crippen molar-refractivity contribution >= 4 is 40.1 Å². The number of carbonyl (C=O) groups is 1. The molecule has 4 rings (SSSR count). The quantitative estimate of drug-likeness (QED) is 0.444. The van der Waals surface area contributed by atoms with Gasteiger partial charge in [-0.2, -0.15) is 0 Å². The molecule has 1 fully saturated rings. The molecule has 1 aliphatic rings. The number of anilines is 2. The smallest absolute Gasteiger partial charge is 0.410 e. The lowest BCUT2D eigenvalue weighted by Crippen LogP contribution is -2.44. The highest BCUT2D eigenvalue weighted by atomic mass is 35.5. The van der Waals surface area contributed by atoms with E-state index in [1.807, 2.05) is 39.0 Å². The van der Waals surface area contributed by atoms with E-state index in [4.69, 9.17) is 21.1 Å². The molecule has 3 aromatic rings. The molecule has 0 aliphatic carbocycles. The summed E-state index contributed by atoms with van der Waals surface area (Å²) in [6, 6.07) is 10.5. The molecule has 1 aromatic heterocycles. The van der Waals surface area contributed by atoms with Crippen LogP contribution in [0.5, 0.6) is 11.5 Å². The van der Waals surface area contributed by atoms with Crippen LogP contribution in [0.3, 0.4) is 0 Å². The van der Waals surface area contributed by atoms with Crippen LogP contribution >= 0.6 is 11.6 Å². The van der Waals surface area contributed by atoms with Gasteiger partial charge in [-0.15, -0.1) is 0 Å². The van der Waals surface area contributed by atoms with Crippen molar-refractivity contribution in [2.45, 2.75) is 39.2 Å². The van der Waals surface area contributed by atoms with Gasteiger partial charge in [0.15, 0.2) is 0 Å². The number of amides is 1. The number of piperidine rings is 1. The van der Waals surface area contributed by atoms with E-state index < -0.39 is 5.60 Å². The first-order valence-electron chi connectivity index (χ1n) is 11.3. The molecule has 0 spiro atoms. The number of ether oxygens (including phenoxy) is 2. The van der Waals surface area contributed by atoms with Gasteiger partial charge in [0.25, 0.3) is 0 Å². The molecular formula is C25H29ClN4O4. The number of rotatable bonds is 5. The maximum atomic E-state index is 12.5. The fraction of sp³-hybridized carbons (Fsp3) is 0.400. The number of hydrogen-bond donors (Lipinski definition) is 2. The summed E-state index contributed by atoms with van der Waals surface area (Å²) in [5.74, 6) is 1.42. The van der Waals surface area contributed by atoms with Gasteiger partial charge in [0.1, 0.15) is 29.2 Å². The molecule has 0 bridgehead atoms. The topological polar surface area (TPSA) is 96.8 Å². The monoisotopic (exact) mass is 484 g/mol. The Kier molecular flexibility index (Phi) is 6.97. The Bertz CT molecular complexity index is 1180. The Morgan fingerprint density at radius 2 is 2.09 bits per heavy atom. The molecule has 2 heterocycles. The van der Waals surface area contributed by atoms with Crippen LogP contribution in [-0.4, -0.2) is 51.4 Å². The molecule has 0 radical (unpaired) electrons. The second-order valence-corrected chi connectivity index (χ2v) is 9.82. The molecule has 8 nitrogen and oxygen atoms in total. The van der Waals surface area contributed by atoms with Crippen molar-refractivity contribution in [3.63, 3.8) is 0 Å². The van der Waals surface area contributed by atoms with Gasteiger partial charge in [-0.3, -0.25) is 0 Å². The predicted molar refractivity (Wildman–Crippen MR) is 132 cm³/mol. The number of fused-ring (bicyclic) bond motifs is 1. The Labute approximate surface area is 203 Å². The van der Waals surface area contributed by atoms with E-state index in [1.54, 1.807) is 17.0 Å². The molecule has 34 heavy (non-hydrogen) atoms. The van der Waals surface area contributed by atoms with Crippen LogP contribution in [0.1, 0.15) is 33.6 Å². The minimum absolute atomic E-state index is 0.0108. The van der Waals surface area contributed by atoms with E-state index in [-0.39, 0.29) is 22.8 Å². The zero-order valence-electron chi connectivity index (χ0n) is 19.5. The largest absolute Gasteiger partial charge is 0.506 e. The maximum absolute atomic E-state index is 12.5. The molecule has 1 aliphatic heterocycles. The number of nitrogens with one attached hydrogen (secondary N) is 1. The summed E-state index contributed by atoms with van der Waals surface area (Å²) < 4.78 is 11.8. The Balaban J connectivity index is 1.50. The molecule has 0 unspecified atom stereocenters. The van der Waals surface area contributed by atoms with E-state index in [0.717, 1.165) is 23.7 Å². The van der Waals surface area contributed by atoms with Crippen LogP contribution in [0.15, 0.2) is 42.7 Å². The molecule has 1 amide bonds. The van der Waals surface area contributed by atoms with Crippen LogP contribution in [0.2, 0.25) is 5.02 Å². The summed E-state index contributed by atoms with van der Waals surface area (Å²) in [6.45, 7) is 7.35. The highest BCUT2D eigenvalue weighted by Gasteiger charge is 2.28. The summed E-state index contributed by atoms with van der Waals surface area (Å²) in [5.41, 5.74) is 0.894. The molecule has 0 saturated carbocycles.